The lowest BCUT2D eigenvalue weighted by Crippen LogP contribution is -2.53. The maximum absolute atomic E-state index is 13.6. The van der Waals surface area contributed by atoms with Gasteiger partial charge in [-0.3, -0.25) is 4.79 Å². The molecule has 160 valence electrons. The third-order valence-corrected chi connectivity index (χ3v) is 6.34. The van der Waals surface area contributed by atoms with Crippen LogP contribution in [-0.2, 0) is 16.2 Å². The third-order valence-electron chi connectivity index (χ3n) is 5.04. The first-order chi connectivity index (χ1) is 12.7. The average molecular weight is 409 g/mol. The topological polar surface area (TPSA) is 55.4 Å². The molecule has 0 fully saturated rings. The Labute approximate surface area is 175 Å². The van der Waals surface area contributed by atoms with Gasteiger partial charge in [0, 0.05) is 25.2 Å². The molecule has 28 heavy (non-hydrogen) atoms. The van der Waals surface area contributed by atoms with Crippen molar-refractivity contribution in [2.75, 3.05) is 14.1 Å². The molecule has 1 aromatic carbocycles. The van der Waals surface area contributed by atoms with E-state index in [9.17, 15) is 9.35 Å². The van der Waals surface area contributed by atoms with Crippen LogP contribution in [0.15, 0.2) is 17.0 Å². The van der Waals surface area contributed by atoms with E-state index in [1.54, 1.807) is 19.0 Å². The molecule has 0 aliphatic carbocycles. The molecular weight excluding hydrogens is 368 g/mol. The fraction of sp³-hybridized carbons (Fsp3) is 0.696. The predicted molar refractivity (Wildman–Crippen MR) is 120 cm³/mol. The lowest BCUT2D eigenvalue weighted by atomic mass is 9.87. The molecule has 0 spiro atoms. The van der Waals surface area contributed by atoms with Gasteiger partial charge in [-0.05, 0) is 28.7 Å². The molecule has 4 nitrogen and oxygen atoms in total. The van der Waals surface area contributed by atoms with Crippen LogP contribution in [-0.4, -0.2) is 35.5 Å². The van der Waals surface area contributed by atoms with E-state index in [1.165, 1.54) is 5.56 Å². The Morgan fingerprint density at radius 2 is 1.39 bits per heavy atom. The molecule has 2 atom stereocenters. The molecule has 0 aromatic heterocycles. The van der Waals surface area contributed by atoms with E-state index in [2.05, 4.69) is 58.4 Å². The second kappa shape index (κ2) is 9.64. The van der Waals surface area contributed by atoms with Gasteiger partial charge in [0.2, 0.25) is 5.91 Å². The van der Waals surface area contributed by atoms with E-state index in [-0.39, 0.29) is 23.2 Å². The summed E-state index contributed by atoms with van der Waals surface area (Å²) < 4.78 is 16.8. The van der Waals surface area contributed by atoms with Crippen molar-refractivity contribution >= 4 is 17.3 Å². The van der Waals surface area contributed by atoms with Gasteiger partial charge in [-0.25, -0.2) is 0 Å². The first kappa shape index (κ1) is 25.0. The second-order valence-corrected chi connectivity index (χ2v) is 11.1. The van der Waals surface area contributed by atoms with Crippen LogP contribution < -0.4 is 4.72 Å². The smallest absolute Gasteiger partial charge is 0.244 e. The number of hydrogen-bond donors (Lipinski definition) is 1. The van der Waals surface area contributed by atoms with Gasteiger partial charge in [0.05, 0.1) is 11.4 Å². The van der Waals surface area contributed by atoms with Crippen molar-refractivity contribution in [1.29, 1.82) is 0 Å². The van der Waals surface area contributed by atoms with Crippen molar-refractivity contribution in [3.8, 4) is 0 Å². The van der Waals surface area contributed by atoms with Crippen molar-refractivity contribution in [1.82, 2.24) is 9.62 Å². The second-order valence-electron chi connectivity index (χ2n) is 9.91. The van der Waals surface area contributed by atoms with Crippen LogP contribution in [0.1, 0.15) is 96.8 Å². The minimum absolute atomic E-state index is 0.0585. The Kier molecular flexibility index (Phi) is 8.61. The van der Waals surface area contributed by atoms with Gasteiger partial charge in [-0.2, -0.15) is 0 Å². The van der Waals surface area contributed by atoms with Gasteiger partial charge in [0.15, 0.2) is 4.90 Å². The number of amides is 1. The molecule has 1 N–H and O–H groups in total. The van der Waals surface area contributed by atoms with Gasteiger partial charge in [0.25, 0.3) is 0 Å². The summed E-state index contributed by atoms with van der Waals surface area (Å²) in [4.78, 5) is 15.2. The molecule has 0 bridgehead atoms. The van der Waals surface area contributed by atoms with Crippen LogP contribution >= 0.6 is 0 Å². The average Bonchev–Trinajstić information content (AvgIpc) is 2.56. The van der Waals surface area contributed by atoms with Gasteiger partial charge < -0.3 is 9.45 Å². The number of carbonyl (C=O) groups excluding carboxylic acids is 1. The van der Waals surface area contributed by atoms with E-state index >= 15 is 0 Å². The van der Waals surface area contributed by atoms with Gasteiger partial charge in [0.1, 0.15) is 6.04 Å². The minimum atomic E-state index is -1.48. The summed E-state index contributed by atoms with van der Waals surface area (Å²) in [7, 11) is 3.48. The van der Waals surface area contributed by atoms with Crippen LogP contribution in [0.3, 0.4) is 0 Å². The first-order valence-corrected chi connectivity index (χ1v) is 11.4. The summed E-state index contributed by atoms with van der Waals surface area (Å²) in [6.45, 7) is 18.9. The van der Waals surface area contributed by atoms with E-state index in [0.717, 1.165) is 16.0 Å². The van der Waals surface area contributed by atoms with Crippen molar-refractivity contribution in [3.63, 3.8) is 0 Å². The molecule has 0 radical (unpaired) electrons. The highest BCUT2D eigenvalue weighted by Gasteiger charge is 2.38. The summed E-state index contributed by atoms with van der Waals surface area (Å²) in [6, 6.07) is 3.85. The Balaban J connectivity index is 3.53. The van der Waals surface area contributed by atoms with Crippen molar-refractivity contribution in [2.24, 2.45) is 5.41 Å². The normalized spacial score (nSPS) is 14.7. The molecule has 1 aromatic rings. The fourth-order valence-electron chi connectivity index (χ4n) is 3.13. The Hall–Kier alpha value is -1.04. The zero-order valence-electron chi connectivity index (χ0n) is 19.6. The summed E-state index contributed by atoms with van der Waals surface area (Å²) >= 11 is -1.48. The number of rotatable bonds is 7. The number of carbonyl (C=O) groups is 1. The highest BCUT2D eigenvalue weighted by Crippen LogP contribution is 2.35. The largest absolute Gasteiger partial charge is 0.593 e. The van der Waals surface area contributed by atoms with Crippen LogP contribution in [0.5, 0.6) is 0 Å². The maximum atomic E-state index is 13.6. The molecule has 1 rings (SSSR count). The fourth-order valence-corrected chi connectivity index (χ4v) is 4.93. The lowest BCUT2D eigenvalue weighted by molar-refractivity contribution is -0.132. The van der Waals surface area contributed by atoms with Crippen molar-refractivity contribution in [2.45, 2.75) is 91.0 Å². The third kappa shape index (κ3) is 5.98. The molecule has 0 aliphatic heterocycles. The van der Waals surface area contributed by atoms with E-state index < -0.39 is 17.4 Å². The number of likely N-dealkylation sites (N-methyl/N-ethyl adjacent to an activating group) is 1. The molecule has 0 heterocycles. The van der Waals surface area contributed by atoms with Crippen LogP contribution in [0.2, 0.25) is 0 Å². The zero-order chi connectivity index (χ0) is 22.0. The molecule has 5 heteroatoms. The number of hydrogen-bond acceptors (Lipinski definition) is 3. The Morgan fingerprint density at radius 1 is 0.964 bits per heavy atom. The van der Waals surface area contributed by atoms with Crippen LogP contribution in [0, 0.1) is 5.41 Å². The number of benzene rings is 1. The quantitative estimate of drug-likeness (QED) is 0.633. The Bertz CT molecular complexity index is 647. The molecular formula is C23H40N2O2S. The SMILES string of the molecule is CC(C)c1cc(C(C)C)c([S@+]([O-])N[C@@H](C(=O)N(C)C)C(C)(C)C)c(C(C)C)c1. The first-order valence-electron chi connectivity index (χ1n) is 10.2. The van der Waals surface area contributed by atoms with E-state index in [4.69, 9.17) is 0 Å². The lowest BCUT2D eigenvalue weighted by Gasteiger charge is -2.33. The molecule has 1 amide bonds. The van der Waals surface area contributed by atoms with E-state index in [0.29, 0.717) is 5.92 Å². The molecule has 0 unspecified atom stereocenters. The van der Waals surface area contributed by atoms with Gasteiger partial charge in [-0.15, -0.1) is 4.72 Å². The number of nitrogens with one attached hydrogen (secondary N) is 1. The van der Waals surface area contributed by atoms with Crippen LogP contribution in [0.25, 0.3) is 0 Å². The summed E-state index contributed by atoms with van der Waals surface area (Å²) in [5, 5.41) is 0. The standard InChI is InChI=1S/C23H40N2O2S/c1-14(2)17-12-18(15(3)4)20(19(13-17)16(5)6)28(27)24-21(23(7,8)9)22(26)25(10)11/h12-16,21,24H,1-11H3/t21-,28-/m0/s1. The summed E-state index contributed by atoms with van der Waals surface area (Å²) in [5.74, 6) is 0.837. The van der Waals surface area contributed by atoms with Crippen LogP contribution in [0.4, 0.5) is 0 Å². The van der Waals surface area contributed by atoms with Crippen molar-refractivity contribution in [3.05, 3.63) is 28.8 Å². The molecule has 0 saturated carbocycles. The van der Waals surface area contributed by atoms with Crippen molar-refractivity contribution < 1.29 is 9.35 Å². The monoisotopic (exact) mass is 408 g/mol. The number of nitrogens with zero attached hydrogens (tertiary/aromatic N) is 1. The summed E-state index contributed by atoms with van der Waals surface area (Å²) in [6.07, 6.45) is 0. The minimum Gasteiger partial charge on any atom is -0.593 e. The highest BCUT2D eigenvalue weighted by atomic mass is 32.2. The summed E-state index contributed by atoms with van der Waals surface area (Å²) in [5.41, 5.74) is 3.12. The highest BCUT2D eigenvalue weighted by molar-refractivity contribution is 7.89. The van der Waals surface area contributed by atoms with Gasteiger partial charge in [-0.1, -0.05) is 74.4 Å². The predicted octanol–water partition coefficient (Wildman–Crippen LogP) is 5.17. The Morgan fingerprint density at radius 3 is 1.68 bits per heavy atom. The van der Waals surface area contributed by atoms with Gasteiger partial charge >= 0.3 is 0 Å². The molecule has 0 saturated heterocycles. The maximum Gasteiger partial charge on any atom is 0.244 e. The zero-order valence-corrected chi connectivity index (χ0v) is 20.5. The molecule has 0 aliphatic rings. The van der Waals surface area contributed by atoms with E-state index in [1.807, 2.05) is 20.8 Å².